The Morgan fingerprint density at radius 2 is 1.68 bits per heavy atom. The van der Waals surface area contributed by atoms with E-state index in [0.29, 0.717) is 6.54 Å². The molecule has 0 aromatic heterocycles. The predicted molar refractivity (Wildman–Crippen MR) is 79.6 cm³/mol. The quantitative estimate of drug-likeness (QED) is 0.812. The molecule has 3 rings (SSSR count). The number of nitrogens with one attached hydrogen (secondary N) is 1. The third-order valence-electron chi connectivity index (χ3n) is 4.75. The Morgan fingerprint density at radius 3 is 2.47 bits per heavy atom. The van der Waals surface area contributed by atoms with Gasteiger partial charge >= 0.3 is 0 Å². The van der Waals surface area contributed by atoms with Gasteiger partial charge in [-0.2, -0.15) is 0 Å². The van der Waals surface area contributed by atoms with Crippen molar-refractivity contribution >= 4 is 5.69 Å². The Kier molecular flexibility index (Phi) is 3.79. The van der Waals surface area contributed by atoms with Gasteiger partial charge in [-0.05, 0) is 55.4 Å². The van der Waals surface area contributed by atoms with Crippen molar-refractivity contribution in [2.45, 2.75) is 63.4 Å². The van der Waals surface area contributed by atoms with Crippen molar-refractivity contribution in [3.63, 3.8) is 0 Å². The van der Waals surface area contributed by atoms with Gasteiger partial charge in [-0.15, -0.1) is 0 Å². The maximum absolute atomic E-state index is 10.6. The highest BCUT2D eigenvalue weighted by atomic mass is 16.3. The summed E-state index contributed by atoms with van der Waals surface area (Å²) in [5.74, 6) is 0. The zero-order valence-corrected chi connectivity index (χ0v) is 11.8. The van der Waals surface area contributed by atoms with E-state index in [1.54, 1.807) is 0 Å². The summed E-state index contributed by atoms with van der Waals surface area (Å²) in [6.45, 7) is 0.700. The van der Waals surface area contributed by atoms with Crippen LogP contribution in [-0.4, -0.2) is 17.3 Å². The van der Waals surface area contributed by atoms with Gasteiger partial charge in [0.2, 0.25) is 0 Å². The molecule has 19 heavy (non-hydrogen) atoms. The molecule has 2 aliphatic carbocycles. The number of aliphatic hydroxyl groups is 1. The molecule has 0 spiro atoms. The standard InChI is InChI=1S/C17H25NO/c19-17(10-3-1-2-4-11-17)13-18-16-9-8-14-6-5-7-15(14)12-16/h8-9,12,18-19H,1-7,10-11,13H2. The molecule has 0 saturated heterocycles. The molecule has 0 heterocycles. The molecular weight excluding hydrogens is 234 g/mol. The highest BCUT2D eigenvalue weighted by Gasteiger charge is 2.27. The first-order valence-corrected chi connectivity index (χ1v) is 7.83. The third-order valence-corrected chi connectivity index (χ3v) is 4.75. The second-order valence-electron chi connectivity index (χ2n) is 6.33. The van der Waals surface area contributed by atoms with Gasteiger partial charge in [0.05, 0.1) is 5.60 Å². The lowest BCUT2D eigenvalue weighted by molar-refractivity contribution is 0.0381. The zero-order valence-electron chi connectivity index (χ0n) is 11.8. The number of anilines is 1. The van der Waals surface area contributed by atoms with Gasteiger partial charge < -0.3 is 10.4 Å². The van der Waals surface area contributed by atoms with Crippen molar-refractivity contribution in [2.24, 2.45) is 0 Å². The van der Waals surface area contributed by atoms with Crippen molar-refractivity contribution < 1.29 is 5.11 Å². The molecule has 1 fully saturated rings. The van der Waals surface area contributed by atoms with Gasteiger partial charge in [0, 0.05) is 12.2 Å². The molecule has 2 aliphatic rings. The van der Waals surface area contributed by atoms with Gasteiger partial charge in [-0.25, -0.2) is 0 Å². The zero-order chi connectivity index (χ0) is 13.1. The lowest BCUT2D eigenvalue weighted by Gasteiger charge is -2.27. The molecule has 0 radical (unpaired) electrons. The van der Waals surface area contributed by atoms with Crippen LogP contribution in [0.25, 0.3) is 0 Å². The van der Waals surface area contributed by atoms with E-state index in [0.717, 1.165) is 12.8 Å². The maximum Gasteiger partial charge on any atom is 0.0819 e. The minimum absolute atomic E-state index is 0.491. The van der Waals surface area contributed by atoms with Crippen LogP contribution in [-0.2, 0) is 12.8 Å². The summed E-state index contributed by atoms with van der Waals surface area (Å²) < 4.78 is 0. The van der Waals surface area contributed by atoms with E-state index in [-0.39, 0.29) is 0 Å². The summed E-state index contributed by atoms with van der Waals surface area (Å²) >= 11 is 0. The van der Waals surface area contributed by atoms with Crippen LogP contribution in [0.4, 0.5) is 5.69 Å². The smallest absolute Gasteiger partial charge is 0.0819 e. The Balaban J connectivity index is 1.62. The van der Waals surface area contributed by atoms with Crippen LogP contribution in [0.3, 0.4) is 0 Å². The molecule has 1 aromatic carbocycles. The summed E-state index contributed by atoms with van der Waals surface area (Å²) in [6, 6.07) is 6.70. The van der Waals surface area contributed by atoms with Crippen LogP contribution in [0.2, 0.25) is 0 Å². The fourth-order valence-electron chi connectivity index (χ4n) is 3.51. The molecule has 2 N–H and O–H groups in total. The second-order valence-corrected chi connectivity index (χ2v) is 6.33. The number of aryl methyl sites for hydroxylation is 2. The van der Waals surface area contributed by atoms with Crippen LogP contribution >= 0.6 is 0 Å². The summed E-state index contributed by atoms with van der Waals surface area (Å²) in [6.07, 6.45) is 10.5. The summed E-state index contributed by atoms with van der Waals surface area (Å²) in [5.41, 5.74) is 3.70. The number of hydrogen-bond donors (Lipinski definition) is 2. The van der Waals surface area contributed by atoms with Crippen molar-refractivity contribution in [1.29, 1.82) is 0 Å². The van der Waals surface area contributed by atoms with E-state index < -0.39 is 5.60 Å². The summed E-state index contributed by atoms with van der Waals surface area (Å²) in [7, 11) is 0. The second kappa shape index (κ2) is 5.54. The Morgan fingerprint density at radius 1 is 0.947 bits per heavy atom. The summed E-state index contributed by atoms with van der Waals surface area (Å²) in [4.78, 5) is 0. The van der Waals surface area contributed by atoms with Gasteiger partial charge in [0.15, 0.2) is 0 Å². The number of benzene rings is 1. The van der Waals surface area contributed by atoms with Gasteiger partial charge in [0.1, 0.15) is 0 Å². The van der Waals surface area contributed by atoms with Crippen molar-refractivity contribution in [3.8, 4) is 0 Å². The Bertz CT molecular complexity index is 433. The average Bonchev–Trinajstić information content (AvgIpc) is 2.78. The molecule has 0 unspecified atom stereocenters. The van der Waals surface area contributed by atoms with Gasteiger partial charge in [-0.3, -0.25) is 0 Å². The van der Waals surface area contributed by atoms with Crippen LogP contribution in [0, 0.1) is 0 Å². The highest BCUT2D eigenvalue weighted by molar-refractivity contribution is 5.50. The minimum Gasteiger partial charge on any atom is -0.388 e. The first-order valence-electron chi connectivity index (χ1n) is 7.83. The van der Waals surface area contributed by atoms with Crippen LogP contribution in [0.1, 0.15) is 56.1 Å². The molecule has 0 atom stereocenters. The highest BCUT2D eigenvalue weighted by Crippen LogP contribution is 2.29. The lowest BCUT2D eigenvalue weighted by atomic mass is 9.94. The average molecular weight is 259 g/mol. The van der Waals surface area contributed by atoms with Gasteiger partial charge in [-0.1, -0.05) is 31.7 Å². The van der Waals surface area contributed by atoms with E-state index in [1.807, 2.05) is 0 Å². The van der Waals surface area contributed by atoms with E-state index in [9.17, 15) is 5.11 Å². The van der Waals surface area contributed by atoms with E-state index in [1.165, 1.54) is 61.8 Å². The molecule has 0 amide bonds. The molecule has 1 saturated carbocycles. The lowest BCUT2D eigenvalue weighted by Crippen LogP contribution is -2.36. The maximum atomic E-state index is 10.6. The molecule has 1 aromatic rings. The van der Waals surface area contributed by atoms with Crippen LogP contribution < -0.4 is 5.32 Å². The van der Waals surface area contributed by atoms with Crippen LogP contribution in [0.15, 0.2) is 18.2 Å². The molecule has 0 bridgehead atoms. The Labute approximate surface area is 116 Å². The normalized spacial score (nSPS) is 21.7. The molecule has 2 heteroatoms. The van der Waals surface area contributed by atoms with E-state index in [2.05, 4.69) is 23.5 Å². The minimum atomic E-state index is -0.491. The molecule has 2 nitrogen and oxygen atoms in total. The van der Waals surface area contributed by atoms with Gasteiger partial charge in [0.25, 0.3) is 0 Å². The van der Waals surface area contributed by atoms with Crippen molar-refractivity contribution in [1.82, 2.24) is 0 Å². The third kappa shape index (κ3) is 3.11. The topological polar surface area (TPSA) is 32.3 Å². The molecular formula is C17H25NO. The molecule has 0 aliphatic heterocycles. The number of rotatable bonds is 3. The summed E-state index contributed by atoms with van der Waals surface area (Å²) in [5, 5.41) is 14.1. The van der Waals surface area contributed by atoms with E-state index >= 15 is 0 Å². The fourth-order valence-corrected chi connectivity index (χ4v) is 3.51. The SMILES string of the molecule is OC1(CNc2ccc3c(c2)CCC3)CCCCCC1. The Hall–Kier alpha value is -1.02. The predicted octanol–water partition coefficient (Wildman–Crippen LogP) is 3.67. The first-order chi connectivity index (χ1) is 9.25. The van der Waals surface area contributed by atoms with E-state index in [4.69, 9.17) is 0 Å². The largest absolute Gasteiger partial charge is 0.388 e. The van der Waals surface area contributed by atoms with Crippen LogP contribution in [0.5, 0.6) is 0 Å². The molecule has 104 valence electrons. The number of hydrogen-bond acceptors (Lipinski definition) is 2. The van der Waals surface area contributed by atoms with Crippen molar-refractivity contribution in [3.05, 3.63) is 29.3 Å². The number of fused-ring (bicyclic) bond motifs is 1. The van der Waals surface area contributed by atoms with Crippen molar-refractivity contribution in [2.75, 3.05) is 11.9 Å². The monoisotopic (exact) mass is 259 g/mol. The fraction of sp³-hybridized carbons (Fsp3) is 0.647. The first kappa shape index (κ1) is 13.0.